The van der Waals surface area contributed by atoms with Crippen molar-refractivity contribution in [1.82, 2.24) is 4.90 Å². The first-order valence-electron chi connectivity index (χ1n) is 7.88. The van der Waals surface area contributed by atoms with Gasteiger partial charge in [0.2, 0.25) is 5.91 Å². The summed E-state index contributed by atoms with van der Waals surface area (Å²) in [5.74, 6) is 0.273. The van der Waals surface area contributed by atoms with Gasteiger partial charge in [0, 0.05) is 25.0 Å². The number of carbonyl (C=O) groups is 1. The van der Waals surface area contributed by atoms with Crippen LogP contribution in [0.1, 0.15) is 72.6 Å². The van der Waals surface area contributed by atoms with Crippen LogP contribution in [0.5, 0.6) is 0 Å². The first-order chi connectivity index (χ1) is 8.83. The molecule has 112 valence electrons. The van der Waals surface area contributed by atoms with Gasteiger partial charge in [-0.1, -0.05) is 34.1 Å². The van der Waals surface area contributed by atoms with Gasteiger partial charge in [-0.25, -0.2) is 0 Å². The van der Waals surface area contributed by atoms with Crippen LogP contribution in [0, 0.1) is 5.41 Å². The highest BCUT2D eigenvalue weighted by atomic mass is 16.2. The number of amides is 1. The van der Waals surface area contributed by atoms with Crippen LogP contribution in [-0.4, -0.2) is 29.4 Å². The molecule has 1 amide bonds. The third-order valence-corrected chi connectivity index (χ3v) is 3.88. The molecular weight excluding hydrogens is 236 g/mol. The molecule has 1 heterocycles. The lowest BCUT2D eigenvalue weighted by atomic mass is 9.87. The number of rotatable bonds is 5. The van der Waals surface area contributed by atoms with Crippen molar-refractivity contribution >= 4 is 5.91 Å². The minimum atomic E-state index is -0.00305. The maximum absolute atomic E-state index is 12.4. The summed E-state index contributed by atoms with van der Waals surface area (Å²) in [5.41, 5.74) is 6.34. The molecule has 0 radical (unpaired) electrons. The molecule has 2 atom stereocenters. The molecule has 2 N–H and O–H groups in total. The van der Waals surface area contributed by atoms with E-state index in [1.807, 2.05) is 0 Å². The summed E-state index contributed by atoms with van der Waals surface area (Å²) in [6.45, 7) is 9.67. The van der Waals surface area contributed by atoms with Gasteiger partial charge in [0.25, 0.3) is 0 Å². The number of nitrogens with two attached hydrogens (primary N) is 1. The maximum atomic E-state index is 12.4. The van der Waals surface area contributed by atoms with Gasteiger partial charge in [-0.2, -0.15) is 0 Å². The summed E-state index contributed by atoms with van der Waals surface area (Å²) < 4.78 is 0. The zero-order valence-corrected chi connectivity index (χ0v) is 13.2. The zero-order chi connectivity index (χ0) is 14.5. The number of nitrogens with zero attached hydrogens (tertiary/aromatic N) is 1. The molecule has 0 bridgehead atoms. The summed E-state index contributed by atoms with van der Waals surface area (Å²) in [4.78, 5) is 14.5. The molecule has 0 spiro atoms. The van der Waals surface area contributed by atoms with Crippen molar-refractivity contribution in [2.45, 2.75) is 84.7 Å². The second-order valence-corrected chi connectivity index (χ2v) is 7.25. The minimum absolute atomic E-state index is 0.00305. The van der Waals surface area contributed by atoms with E-state index in [0.29, 0.717) is 12.5 Å². The lowest BCUT2D eigenvalue weighted by Crippen LogP contribution is -2.45. The molecule has 3 nitrogen and oxygen atoms in total. The molecular formula is C16H32N2O. The molecule has 2 unspecified atom stereocenters. The fourth-order valence-electron chi connectivity index (χ4n) is 3.16. The van der Waals surface area contributed by atoms with Crippen LogP contribution in [-0.2, 0) is 4.79 Å². The molecule has 1 saturated heterocycles. The molecule has 0 aromatic heterocycles. The van der Waals surface area contributed by atoms with E-state index in [4.69, 9.17) is 5.73 Å². The van der Waals surface area contributed by atoms with Gasteiger partial charge in [-0.05, 0) is 37.5 Å². The largest absolute Gasteiger partial charge is 0.340 e. The van der Waals surface area contributed by atoms with Crippen molar-refractivity contribution in [1.29, 1.82) is 0 Å². The molecule has 0 saturated carbocycles. The summed E-state index contributed by atoms with van der Waals surface area (Å²) in [6, 6.07) is 0.463. The Morgan fingerprint density at radius 1 is 1.37 bits per heavy atom. The normalized spacial score (nSPS) is 22.4. The van der Waals surface area contributed by atoms with E-state index in [2.05, 4.69) is 32.6 Å². The van der Waals surface area contributed by atoms with Crippen LogP contribution in [0.3, 0.4) is 0 Å². The standard InChI is InChI=1S/C16H32N2O/c1-5-8-14-9-6-7-10-18(14)15(19)11-13(17)12-16(2,3)4/h13-14H,5-12,17H2,1-4H3. The van der Waals surface area contributed by atoms with Gasteiger partial charge in [-0.3, -0.25) is 4.79 Å². The van der Waals surface area contributed by atoms with Gasteiger partial charge in [-0.15, -0.1) is 0 Å². The summed E-state index contributed by atoms with van der Waals surface area (Å²) in [7, 11) is 0. The van der Waals surface area contributed by atoms with Crippen molar-refractivity contribution in [2.75, 3.05) is 6.54 Å². The maximum Gasteiger partial charge on any atom is 0.224 e. The van der Waals surface area contributed by atoms with Crippen molar-refractivity contribution < 1.29 is 4.79 Å². The molecule has 0 aliphatic carbocycles. The van der Waals surface area contributed by atoms with E-state index >= 15 is 0 Å². The van der Waals surface area contributed by atoms with Crippen molar-refractivity contribution in [3.8, 4) is 0 Å². The van der Waals surface area contributed by atoms with Crippen LogP contribution in [0.2, 0.25) is 0 Å². The Balaban J connectivity index is 2.50. The van der Waals surface area contributed by atoms with E-state index in [0.717, 1.165) is 32.2 Å². The van der Waals surface area contributed by atoms with Crippen LogP contribution < -0.4 is 5.73 Å². The predicted molar refractivity (Wildman–Crippen MR) is 80.9 cm³/mol. The van der Waals surface area contributed by atoms with Crippen LogP contribution in [0.4, 0.5) is 0 Å². The Bertz CT molecular complexity index is 281. The molecule has 3 heteroatoms. The highest BCUT2D eigenvalue weighted by Crippen LogP contribution is 2.24. The van der Waals surface area contributed by atoms with Crippen molar-refractivity contribution in [3.63, 3.8) is 0 Å². The average molecular weight is 268 g/mol. The first kappa shape index (κ1) is 16.5. The van der Waals surface area contributed by atoms with Crippen molar-refractivity contribution in [2.24, 2.45) is 11.1 Å². The number of piperidine rings is 1. The molecule has 1 fully saturated rings. The van der Waals surface area contributed by atoms with Gasteiger partial charge < -0.3 is 10.6 Å². The Hall–Kier alpha value is -0.570. The minimum Gasteiger partial charge on any atom is -0.340 e. The summed E-state index contributed by atoms with van der Waals surface area (Å²) >= 11 is 0. The van der Waals surface area contributed by atoms with E-state index in [1.165, 1.54) is 12.8 Å². The third-order valence-electron chi connectivity index (χ3n) is 3.88. The average Bonchev–Trinajstić information content (AvgIpc) is 2.27. The first-order valence-corrected chi connectivity index (χ1v) is 7.88. The van der Waals surface area contributed by atoms with Gasteiger partial charge in [0.05, 0.1) is 0 Å². The molecule has 0 aromatic carbocycles. The molecule has 0 aromatic rings. The topological polar surface area (TPSA) is 46.3 Å². The Labute approximate surface area is 118 Å². The van der Waals surface area contributed by atoms with Gasteiger partial charge in [0.15, 0.2) is 0 Å². The number of carbonyl (C=O) groups excluding carboxylic acids is 1. The highest BCUT2D eigenvalue weighted by molar-refractivity contribution is 5.77. The second-order valence-electron chi connectivity index (χ2n) is 7.25. The Morgan fingerprint density at radius 2 is 2.05 bits per heavy atom. The summed E-state index contributed by atoms with van der Waals surface area (Å²) in [6.07, 6.45) is 7.31. The van der Waals surface area contributed by atoms with Gasteiger partial charge in [0.1, 0.15) is 0 Å². The Morgan fingerprint density at radius 3 is 2.63 bits per heavy atom. The molecule has 1 aliphatic rings. The van der Waals surface area contributed by atoms with Crippen LogP contribution in [0.25, 0.3) is 0 Å². The quantitative estimate of drug-likeness (QED) is 0.831. The molecule has 1 aliphatic heterocycles. The Kier molecular flexibility index (Phi) is 6.31. The predicted octanol–water partition coefficient (Wildman–Crippen LogP) is 3.32. The highest BCUT2D eigenvalue weighted by Gasteiger charge is 2.27. The lowest BCUT2D eigenvalue weighted by Gasteiger charge is -2.36. The van der Waals surface area contributed by atoms with E-state index in [9.17, 15) is 4.79 Å². The van der Waals surface area contributed by atoms with E-state index in [1.54, 1.807) is 0 Å². The fourth-order valence-corrected chi connectivity index (χ4v) is 3.16. The molecule has 1 rings (SSSR count). The monoisotopic (exact) mass is 268 g/mol. The van der Waals surface area contributed by atoms with E-state index < -0.39 is 0 Å². The van der Waals surface area contributed by atoms with Crippen LogP contribution >= 0.6 is 0 Å². The lowest BCUT2D eigenvalue weighted by molar-refractivity contribution is -0.135. The number of hydrogen-bond acceptors (Lipinski definition) is 2. The number of hydrogen-bond donors (Lipinski definition) is 1. The second kappa shape index (κ2) is 7.28. The molecule has 19 heavy (non-hydrogen) atoms. The van der Waals surface area contributed by atoms with E-state index in [-0.39, 0.29) is 17.4 Å². The smallest absolute Gasteiger partial charge is 0.224 e. The van der Waals surface area contributed by atoms with Gasteiger partial charge >= 0.3 is 0 Å². The SMILES string of the molecule is CCCC1CCCCN1C(=O)CC(N)CC(C)(C)C. The summed E-state index contributed by atoms with van der Waals surface area (Å²) in [5, 5.41) is 0. The fraction of sp³-hybridized carbons (Fsp3) is 0.938. The third kappa shape index (κ3) is 5.94. The van der Waals surface area contributed by atoms with Crippen molar-refractivity contribution in [3.05, 3.63) is 0 Å². The zero-order valence-electron chi connectivity index (χ0n) is 13.2. The number of likely N-dealkylation sites (tertiary alicyclic amines) is 1. The van der Waals surface area contributed by atoms with Crippen LogP contribution in [0.15, 0.2) is 0 Å².